The summed E-state index contributed by atoms with van der Waals surface area (Å²) in [6, 6.07) is 7.67. The highest BCUT2D eigenvalue weighted by molar-refractivity contribution is 7.93. The number of hydrogen-bond acceptors (Lipinski definition) is 3. The highest BCUT2D eigenvalue weighted by Crippen LogP contribution is 2.24. The molecule has 1 heterocycles. The zero-order valence-corrected chi connectivity index (χ0v) is 11.4. The lowest BCUT2D eigenvalue weighted by molar-refractivity contribution is 0.599. The van der Waals surface area contributed by atoms with Gasteiger partial charge in [-0.05, 0) is 31.2 Å². The van der Waals surface area contributed by atoms with Gasteiger partial charge in [-0.2, -0.15) is 0 Å². The summed E-state index contributed by atoms with van der Waals surface area (Å²) in [6.07, 6.45) is 0.721. The molecule has 1 aliphatic heterocycles. The fourth-order valence-electron chi connectivity index (χ4n) is 1.96. The molecule has 1 aromatic rings. The van der Waals surface area contributed by atoms with E-state index in [9.17, 15) is 8.42 Å². The van der Waals surface area contributed by atoms with Crippen LogP contribution in [0, 0.1) is 0 Å². The zero-order chi connectivity index (χ0) is 11.6. The van der Waals surface area contributed by atoms with E-state index in [1.165, 1.54) is 4.31 Å². The SMILES string of the molecule is CNCc1cccc(N2CCCS2(=O)=O)c1.Cl. The molecule has 4 nitrogen and oxygen atoms in total. The van der Waals surface area contributed by atoms with Gasteiger partial charge in [0.25, 0.3) is 0 Å². The quantitative estimate of drug-likeness (QED) is 0.907. The van der Waals surface area contributed by atoms with Crippen LogP contribution < -0.4 is 9.62 Å². The Morgan fingerprint density at radius 3 is 2.76 bits per heavy atom. The second kappa shape index (κ2) is 5.71. The molecule has 0 unspecified atom stereocenters. The van der Waals surface area contributed by atoms with Crippen molar-refractivity contribution in [2.75, 3.05) is 23.7 Å². The van der Waals surface area contributed by atoms with Gasteiger partial charge in [0.1, 0.15) is 0 Å². The average molecular weight is 277 g/mol. The van der Waals surface area contributed by atoms with Gasteiger partial charge in [0, 0.05) is 13.1 Å². The normalized spacial score (nSPS) is 17.8. The second-order valence-electron chi connectivity index (χ2n) is 3.94. The molecule has 1 saturated heterocycles. The van der Waals surface area contributed by atoms with E-state index < -0.39 is 10.0 Å². The van der Waals surface area contributed by atoms with Crippen molar-refractivity contribution in [1.29, 1.82) is 0 Å². The highest BCUT2D eigenvalue weighted by atomic mass is 35.5. The first kappa shape index (κ1) is 14.3. The molecular weight excluding hydrogens is 260 g/mol. The van der Waals surface area contributed by atoms with Crippen LogP contribution in [-0.4, -0.2) is 27.8 Å². The zero-order valence-electron chi connectivity index (χ0n) is 9.72. The number of hydrogen-bond donors (Lipinski definition) is 1. The fourth-order valence-corrected chi connectivity index (χ4v) is 3.51. The minimum Gasteiger partial charge on any atom is -0.316 e. The lowest BCUT2D eigenvalue weighted by Crippen LogP contribution is -2.25. The van der Waals surface area contributed by atoms with Crippen LogP contribution in [0.4, 0.5) is 5.69 Å². The number of halogens is 1. The van der Waals surface area contributed by atoms with Gasteiger partial charge >= 0.3 is 0 Å². The summed E-state index contributed by atoms with van der Waals surface area (Å²) in [7, 11) is -1.18. The largest absolute Gasteiger partial charge is 0.316 e. The van der Waals surface area contributed by atoms with Crippen molar-refractivity contribution in [2.45, 2.75) is 13.0 Å². The van der Waals surface area contributed by atoms with E-state index in [1.54, 1.807) is 0 Å². The summed E-state index contributed by atoms with van der Waals surface area (Å²) in [5.74, 6) is 0.267. The predicted molar refractivity (Wildman–Crippen MR) is 72.2 cm³/mol. The molecule has 0 spiro atoms. The van der Waals surface area contributed by atoms with Crippen LogP contribution in [0.5, 0.6) is 0 Å². The third-order valence-electron chi connectivity index (χ3n) is 2.68. The summed E-state index contributed by atoms with van der Waals surface area (Å²) >= 11 is 0. The Morgan fingerprint density at radius 1 is 1.41 bits per heavy atom. The number of rotatable bonds is 3. The molecular formula is C11H17ClN2O2S. The predicted octanol–water partition coefficient (Wildman–Crippen LogP) is 1.37. The lowest BCUT2D eigenvalue weighted by atomic mass is 10.2. The second-order valence-corrected chi connectivity index (χ2v) is 5.95. The average Bonchev–Trinajstić information content (AvgIpc) is 2.59. The molecule has 6 heteroatoms. The van der Waals surface area contributed by atoms with E-state index in [2.05, 4.69) is 5.32 Å². The molecule has 1 N–H and O–H groups in total. The Labute approximate surface area is 108 Å². The Morgan fingerprint density at radius 2 is 2.18 bits per heavy atom. The number of anilines is 1. The summed E-state index contributed by atoms with van der Waals surface area (Å²) < 4.78 is 25.0. The van der Waals surface area contributed by atoms with Gasteiger partial charge in [-0.3, -0.25) is 4.31 Å². The van der Waals surface area contributed by atoms with Crippen LogP contribution in [0.1, 0.15) is 12.0 Å². The summed E-state index contributed by atoms with van der Waals surface area (Å²) in [6.45, 7) is 1.35. The van der Waals surface area contributed by atoms with E-state index in [1.807, 2.05) is 31.3 Å². The van der Waals surface area contributed by atoms with Crippen molar-refractivity contribution in [3.63, 3.8) is 0 Å². The van der Waals surface area contributed by atoms with Gasteiger partial charge < -0.3 is 5.32 Å². The number of benzene rings is 1. The molecule has 0 saturated carbocycles. The van der Waals surface area contributed by atoms with Crippen molar-refractivity contribution in [1.82, 2.24) is 5.32 Å². The van der Waals surface area contributed by atoms with Crippen LogP contribution in [0.15, 0.2) is 24.3 Å². The van der Waals surface area contributed by atoms with Crippen molar-refractivity contribution in [2.24, 2.45) is 0 Å². The summed E-state index contributed by atoms with van der Waals surface area (Å²) in [4.78, 5) is 0. The lowest BCUT2D eigenvalue weighted by Gasteiger charge is -2.17. The molecule has 0 amide bonds. The molecule has 0 radical (unpaired) electrons. The molecule has 1 aliphatic rings. The van der Waals surface area contributed by atoms with E-state index in [4.69, 9.17) is 0 Å². The Hall–Kier alpha value is -0.780. The smallest absolute Gasteiger partial charge is 0.235 e. The molecule has 2 rings (SSSR count). The molecule has 0 bridgehead atoms. The molecule has 0 aliphatic carbocycles. The van der Waals surface area contributed by atoms with Crippen molar-refractivity contribution >= 4 is 28.1 Å². The van der Waals surface area contributed by atoms with Gasteiger partial charge in [-0.1, -0.05) is 12.1 Å². The van der Waals surface area contributed by atoms with Crippen LogP contribution in [0.2, 0.25) is 0 Å². The molecule has 0 aromatic heterocycles. The maximum Gasteiger partial charge on any atom is 0.235 e. The van der Waals surface area contributed by atoms with Gasteiger partial charge in [0.05, 0.1) is 11.4 Å². The van der Waals surface area contributed by atoms with Crippen molar-refractivity contribution in [3.8, 4) is 0 Å². The summed E-state index contributed by atoms with van der Waals surface area (Å²) in [5, 5.41) is 3.05. The van der Waals surface area contributed by atoms with Gasteiger partial charge in [-0.15, -0.1) is 12.4 Å². The molecule has 17 heavy (non-hydrogen) atoms. The Balaban J connectivity index is 0.00000144. The number of nitrogens with one attached hydrogen (secondary N) is 1. The fraction of sp³-hybridized carbons (Fsp3) is 0.455. The molecule has 0 atom stereocenters. The van der Waals surface area contributed by atoms with Crippen LogP contribution in [0.25, 0.3) is 0 Å². The first-order valence-electron chi connectivity index (χ1n) is 5.37. The molecule has 1 aromatic carbocycles. The monoisotopic (exact) mass is 276 g/mol. The Bertz CT molecular complexity index is 476. The maximum absolute atomic E-state index is 11.7. The van der Waals surface area contributed by atoms with E-state index in [0.29, 0.717) is 6.54 Å². The first-order valence-corrected chi connectivity index (χ1v) is 6.98. The van der Waals surface area contributed by atoms with Crippen LogP contribution in [0.3, 0.4) is 0 Å². The summed E-state index contributed by atoms with van der Waals surface area (Å²) in [5.41, 5.74) is 1.88. The van der Waals surface area contributed by atoms with E-state index >= 15 is 0 Å². The van der Waals surface area contributed by atoms with Gasteiger partial charge in [0.2, 0.25) is 10.0 Å². The van der Waals surface area contributed by atoms with Gasteiger partial charge in [0.15, 0.2) is 0 Å². The topological polar surface area (TPSA) is 49.4 Å². The highest BCUT2D eigenvalue weighted by Gasteiger charge is 2.28. The number of sulfonamides is 1. The van der Waals surface area contributed by atoms with E-state index in [-0.39, 0.29) is 18.2 Å². The number of nitrogens with zero attached hydrogens (tertiary/aromatic N) is 1. The maximum atomic E-state index is 11.7. The molecule has 96 valence electrons. The van der Waals surface area contributed by atoms with Crippen molar-refractivity contribution < 1.29 is 8.42 Å². The molecule has 1 fully saturated rings. The van der Waals surface area contributed by atoms with Gasteiger partial charge in [-0.25, -0.2) is 8.42 Å². The minimum atomic E-state index is -3.06. The van der Waals surface area contributed by atoms with Crippen LogP contribution in [-0.2, 0) is 16.6 Å². The third-order valence-corrected chi connectivity index (χ3v) is 4.55. The standard InChI is InChI=1S/C11H16N2O2S.ClH/c1-12-9-10-4-2-5-11(8-10)13-6-3-7-16(13,14)15;/h2,4-5,8,12H,3,6-7,9H2,1H3;1H. The van der Waals surface area contributed by atoms with E-state index in [0.717, 1.165) is 24.2 Å². The Kier molecular flexibility index (Phi) is 4.80. The van der Waals surface area contributed by atoms with Crippen molar-refractivity contribution in [3.05, 3.63) is 29.8 Å². The minimum absolute atomic E-state index is 0. The first-order chi connectivity index (χ1) is 7.63. The third kappa shape index (κ3) is 3.12. The van der Waals surface area contributed by atoms with Crippen LogP contribution >= 0.6 is 12.4 Å².